The number of carbonyl (C=O) groups excluding carboxylic acids is 2. The molecule has 1 aromatic heterocycles. The van der Waals surface area contributed by atoms with Gasteiger partial charge < -0.3 is 4.98 Å². The van der Waals surface area contributed by atoms with E-state index in [4.69, 9.17) is 11.6 Å². The summed E-state index contributed by atoms with van der Waals surface area (Å²) in [6, 6.07) is 9.21. The van der Waals surface area contributed by atoms with Gasteiger partial charge in [0, 0.05) is 23.6 Å². The minimum atomic E-state index is -1.03. The van der Waals surface area contributed by atoms with Crippen LogP contribution in [0.4, 0.5) is 8.78 Å². The van der Waals surface area contributed by atoms with Crippen LogP contribution in [0.5, 0.6) is 0 Å². The Hall–Kier alpha value is -2.73. The van der Waals surface area contributed by atoms with Crippen LogP contribution in [0.1, 0.15) is 17.5 Å². The molecule has 138 valence electrons. The number of hydrogen-bond acceptors (Lipinski definition) is 2. The van der Waals surface area contributed by atoms with E-state index in [1.54, 1.807) is 12.3 Å². The molecule has 1 aliphatic heterocycles. The Morgan fingerprint density at radius 1 is 1.11 bits per heavy atom. The van der Waals surface area contributed by atoms with Crippen molar-refractivity contribution in [2.75, 3.05) is 0 Å². The van der Waals surface area contributed by atoms with Crippen molar-refractivity contribution >= 4 is 34.3 Å². The maximum absolute atomic E-state index is 13.9. The van der Waals surface area contributed by atoms with Crippen molar-refractivity contribution < 1.29 is 18.4 Å². The minimum absolute atomic E-state index is 0.0174. The average molecular weight is 389 g/mol. The van der Waals surface area contributed by atoms with E-state index in [2.05, 4.69) is 4.98 Å². The van der Waals surface area contributed by atoms with E-state index in [1.807, 2.05) is 12.1 Å². The Balaban J connectivity index is 1.56. The summed E-state index contributed by atoms with van der Waals surface area (Å²) in [5.74, 6) is -3.33. The van der Waals surface area contributed by atoms with E-state index in [9.17, 15) is 18.4 Å². The third kappa shape index (κ3) is 3.10. The number of hydrogen-bond donors (Lipinski definition) is 1. The number of amides is 2. The molecular formula is C20H15ClF2N2O2. The number of aromatic amines is 1. The topological polar surface area (TPSA) is 53.2 Å². The fraction of sp³-hybridized carbons (Fsp3) is 0.200. The maximum atomic E-state index is 13.9. The van der Waals surface area contributed by atoms with Gasteiger partial charge in [0.1, 0.15) is 0 Å². The molecule has 1 saturated heterocycles. The van der Waals surface area contributed by atoms with Crippen LogP contribution >= 0.6 is 11.6 Å². The zero-order chi connectivity index (χ0) is 19.1. The van der Waals surface area contributed by atoms with E-state index in [-0.39, 0.29) is 30.3 Å². The highest BCUT2D eigenvalue weighted by atomic mass is 35.5. The Morgan fingerprint density at radius 2 is 1.89 bits per heavy atom. The van der Waals surface area contributed by atoms with Crippen molar-refractivity contribution in [3.05, 3.63) is 70.4 Å². The van der Waals surface area contributed by atoms with Gasteiger partial charge in [-0.15, -0.1) is 0 Å². The standard InChI is InChI=1S/C20H15ClF2N2O2/c21-15-5-2-4-14-13(9-24-19(14)15)7-12-8-17(26)25(20(12)27)10-11-3-1-6-16(22)18(11)23/h1-6,9,12,24H,7-8,10H2/t12-/m0/s1. The summed E-state index contributed by atoms with van der Waals surface area (Å²) >= 11 is 6.15. The summed E-state index contributed by atoms with van der Waals surface area (Å²) in [6.07, 6.45) is 2.19. The smallest absolute Gasteiger partial charge is 0.233 e. The van der Waals surface area contributed by atoms with Crippen LogP contribution in [0.3, 0.4) is 0 Å². The van der Waals surface area contributed by atoms with Gasteiger partial charge in [0.05, 0.1) is 23.0 Å². The van der Waals surface area contributed by atoms with Gasteiger partial charge in [0.25, 0.3) is 0 Å². The van der Waals surface area contributed by atoms with E-state index in [0.717, 1.165) is 27.4 Å². The second-order valence-electron chi connectivity index (χ2n) is 6.61. The number of likely N-dealkylation sites (tertiary alicyclic amines) is 1. The van der Waals surface area contributed by atoms with Gasteiger partial charge in [0.15, 0.2) is 11.6 Å². The van der Waals surface area contributed by atoms with Crippen molar-refractivity contribution in [3.63, 3.8) is 0 Å². The first-order valence-corrected chi connectivity index (χ1v) is 8.85. The van der Waals surface area contributed by atoms with Gasteiger partial charge in [-0.2, -0.15) is 0 Å². The highest BCUT2D eigenvalue weighted by molar-refractivity contribution is 6.35. The molecule has 0 saturated carbocycles. The molecule has 0 unspecified atom stereocenters. The van der Waals surface area contributed by atoms with Crippen LogP contribution in [0, 0.1) is 17.6 Å². The normalized spacial score (nSPS) is 17.3. The first kappa shape index (κ1) is 17.7. The zero-order valence-corrected chi connectivity index (χ0v) is 14.9. The number of nitrogens with one attached hydrogen (secondary N) is 1. The Bertz CT molecular complexity index is 1060. The molecule has 2 aromatic carbocycles. The molecule has 0 radical (unpaired) electrons. The molecule has 7 heteroatoms. The lowest BCUT2D eigenvalue weighted by Crippen LogP contribution is -2.31. The Labute approximate surface area is 158 Å². The van der Waals surface area contributed by atoms with Crippen molar-refractivity contribution in [3.8, 4) is 0 Å². The highest BCUT2D eigenvalue weighted by Crippen LogP contribution is 2.31. The van der Waals surface area contributed by atoms with Gasteiger partial charge in [0.2, 0.25) is 11.8 Å². The molecule has 27 heavy (non-hydrogen) atoms. The van der Waals surface area contributed by atoms with E-state index in [0.29, 0.717) is 11.4 Å². The molecule has 1 fully saturated rings. The summed E-state index contributed by atoms with van der Waals surface area (Å²) in [5.41, 5.74) is 1.65. The van der Waals surface area contributed by atoms with Crippen LogP contribution in [-0.2, 0) is 22.6 Å². The predicted molar refractivity (Wildman–Crippen MR) is 97.0 cm³/mol. The third-order valence-corrected chi connectivity index (χ3v) is 5.23. The first-order valence-electron chi connectivity index (χ1n) is 8.47. The predicted octanol–water partition coefficient (Wildman–Crippen LogP) is 4.22. The van der Waals surface area contributed by atoms with Crippen molar-refractivity contribution in [2.45, 2.75) is 19.4 Å². The number of nitrogens with zero attached hydrogens (tertiary/aromatic N) is 1. The molecule has 1 atom stereocenters. The number of aromatic nitrogens is 1. The molecule has 4 nitrogen and oxygen atoms in total. The van der Waals surface area contributed by atoms with E-state index < -0.39 is 17.6 Å². The number of H-pyrrole nitrogens is 1. The van der Waals surface area contributed by atoms with Crippen LogP contribution in [-0.4, -0.2) is 21.7 Å². The molecule has 3 aromatic rings. The lowest BCUT2D eigenvalue weighted by Gasteiger charge is -2.15. The molecule has 2 heterocycles. The van der Waals surface area contributed by atoms with Gasteiger partial charge in [-0.1, -0.05) is 35.9 Å². The molecule has 2 amide bonds. The molecule has 1 N–H and O–H groups in total. The summed E-state index contributed by atoms with van der Waals surface area (Å²) in [7, 11) is 0. The van der Waals surface area contributed by atoms with E-state index in [1.165, 1.54) is 12.1 Å². The number of rotatable bonds is 4. The Kier molecular flexibility index (Phi) is 4.44. The fourth-order valence-corrected chi connectivity index (χ4v) is 3.76. The second kappa shape index (κ2) is 6.78. The SMILES string of the molecule is O=C1C[C@H](Cc2c[nH]c3c(Cl)cccc23)C(=O)N1Cc1cccc(F)c1F. The summed E-state index contributed by atoms with van der Waals surface area (Å²) in [5, 5.41) is 1.48. The highest BCUT2D eigenvalue weighted by Gasteiger charge is 2.39. The van der Waals surface area contributed by atoms with Gasteiger partial charge in [-0.3, -0.25) is 14.5 Å². The monoisotopic (exact) mass is 388 g/mol. The number of imide groups is 1. The average Bonchev–Trinajstić information content (AvgIpc) is 3.16. The molecule has 0 aliphatic carbocycles. The zero-order valence-electron chi connectivity index (χ0n) is 14.1. The second-order valence-corrected chi connectivity index (χ2v) is 7.02. The summed E-state index contributed by atoms with van der Waals surface area (Å²) in [6.45, 7) is -0.266. The third-order valence-electron chi connectivity index (χ3n) is 4.91. The number of halogens is 3. The molecule has 0 bridgehead atoms. The largest absolute Gasteiger partial charge is 0.360 e. The molecular weight excluding hydrogens is 374 g/mol. The van der Waals surface area contributed by atoms with Crippen LogP contribution in [0.2, 0.25) is 5.02 Å². The summed E-state index contributed by atoms with van der Waals surface area (Å²) < 4.78 is 27.3. The lowest BCUT2D eigenvalue weighted by atomic mass is 9.97. The first-order chi connectivity index (χ1) is 13.0. The van der Waals surface area contributed by atoms with Crippen molar-refractivity contribution in [1.29, 1.82) is 0 Å². The quantitative estimate of drug-likeness (QED) is 0.680. The Morgan fingerprint density at radius 3 is 2.70 bits per heavy atom. The summed E-state index contributed by atoms with van der Waals surface area (Å²) in [4.78, 5) is 29.1. The van der Waals surface area contributed by atoms with Crippen molar-refractivity contribution in [1.82, 2.24) is 9.88 Å². The molecule has 0 spiro atoms. The number of fused-ring (bicyclic) bond motifs is 1. The number of benzene rings is 2. The van der Waals surface area contributed by atoms with Gasteiger partial charge in [-0.05, 0) is 24.1 Å². The number of para-hydroxylation sites is 1. The van der Waals surface area contributed by atoms with Gasteiger partial charge >= 0.3 is 0 Å². The maximum Gasteiger partial charge on any atom is 0.233 e. The minimum Gasteiger partial charge on any atom is -0.360 e. The number of carbonyl (C=O) groups is 2. The molecule has 1 aliphatic rings. The van der Waals surface area contributed by atoms with Crippen LogP contribution < -0.4 is 0 Å². The lowest BCUT2D eigenvalue weighted by molar-refractivity contribution is -0.140. The fourth-order valence-electron chi connectivity index (χ4n) is 3.53. The van der Waals surface area contributed by atoms with E-state index >= 15 is 0 Å². The van der Waals surface area contributed by atoms with Crippen molar-refractivity contribution in [2.24, 2.45) is 5.92 Å². The van der Waals surface area contributed by atoms with Crippen LogP contribution in [0.15, 0.2) is 42.6 Å². The van der Waals surface area contributed by atoms with Gasteiger partial charge in [-0.25, -0.2) is 8.78 Å². The molecule has 4 rings (SSSR count). The van der Waals surface area contributed by atoms with Crippen LogP contribution in [0.25, 0.3) is 10.9 Å².